The largest absolute Gasteiger partial charge is 0.394 e. The second-order valence-electron chi connectivity index (χ2n) is 7.71. The van der Waals surface area contributed by atoms with Crippen molar-refractivity contribution in [1.29, 1.82) is 0 Å². The predicted molar refractivity (Wildman–Crippen MR) is 103 cm³/mol. The van der Waals surface area contributed by atoms with E-state index in [9.17, 15) is 5.11 Å². The van der Waals surface area contributed by atoms with Crippen LogP contribution in [0.3, 0.4) is 0 Å². The first-order valence-electron chi connectivity index (χ1n) is 10.3. The number of aliphatic hydroxyl groups is 2. The van der Waals surface area contributed by atoms with Gasteiger partial charge in [0.2, 0.25) is 0 Å². The van der Waals surface area contributed by atoms with Crippen LogP contribution in [-0.4, -0.2) is 40.9 Å². The topological polar surface area (TPSA) is 58.9 Å². The molecule has 2 N–H and O–H groups in total. The molecule has 0 saturated carbocycles. The monoisotopic (exact) mass is 356 g/mol. The summed E-state index contributed by atoms with van der Waals surface area (Å²) in [7, 11) is 0. The van der Waals surface area contributed by atoms with Crippen molar-refractivity contribution in [2.45, 2.75) is 115 Å². The lowest BCUT2D eigenvalue weighted by Gasteiger charge is -2.19. The van der Waals surface area contributed by atoms with E-state index in [0.29, 0.717) is 0 Å². The molecule has 1 rings (SSSR count). The summed E-state index contributed by atoms with van der Waals surface area (Å²) < 4.78 is 11.5. The SMILES string of the molecule is CCCCCCCCCCCC/C=C\[C@H]1OC(C)(C)O[C@H]1[C@@H](O)CO. The normalized spacial score (nSPS) is 24.2. The minimum Gasteiger partial charge on any atom is -0.394 e. The molecule has 25 heavy (non-hydrogen) atoms. The molecule has 1 aliphatic rings. The predicted octanol–water partition coefficient (Wildman–Crippen LogP) is 4.73. The lowest BCUT2D eigenvalue weighted by Crippen LogP contribution is -2.37. The number of rotatable bonds is 14. The van der Waals surface area contributed by atoms with Crippen LogP contribution in [0.4, 0.5) is 0 Å². The highest BCUT2D eigenvalue weighted by atomic mass is 16.8. The van der Waals surface area contributed by atoms with Gasteiger partial charge in [0.15, 0.2) is 5.79 Å². The fourth-order valence-electron chi connectivity index (χ4n) is 3.35. The van der Waals surface area contributed by atoms with Crippen molar-refractivity contribution in [2.24, 2.45) is 0 Å². The molecule has 0 aliphatic carbocycles. The van der Waals surface area contributed by atoms with E-state index in [1.54, 1.807) is 0 Å². The number of unbranched alkanes of at least 4 members (excludes halogenated alkanes) is 10. The standard InChI is InChI=1S/C21H40O4/c1-4-5-6-7-8-9-10-11-12-13-14-15-16-19-20(18(23)17-22)25-21(2,3)24-19/h15-16,18-20,22-23H,4-14,17H2,1-3H3/b16-15-/t18-,19+,20-/m0/s1. The number of ether oxygens (including phenoxy) is 2. The maximum Gasteiger partial charge on any atom is 0.164 e. The van der Waals surface area contributed by atoms with Crippen LogP contribution in [0.2, 0.25) is 0 Å². The quantitative estimate of drug-likeness (QED) is 0.349. The zero-order chi connectivity index (χ0) is 18.5. The Morgan fingerprint density at radius 2 is 1.48 bits per heavy atom. The molecule has 4 heteroatoms. The van der Waals surface area contributed by atoms with Crippen LogP contribution in [0.25, 0.3) is 0 Å². The molecule has 1 fully saturated rings. The Kier molecular flexibility index (Phi) is 11.6. The highest BCUT2D eigenvalue weighted by molar-refractivity contribution is 5.00. The molecule has 0 bridgehead atoms. The molecule has 0 aromatic carbocycles. The molecule has 0 radical (unpaired) electrons. The van der Waals surface area contributed by atoms with Crippen LogP contribution in [-0.2, 0) is 9.47 Å². The minimum absolute atomic E-state index is 0.291. The highest BCUT2D eigenvalue weighted by Gasteiger charge is 2.43. The van der Waals surface area contributed by atoms with Gasteiger partial charge in [0, 0.05) is 0 Å². The van der Waals surface area contributed by atoms with E-state index in [2.05, 4.69) is 13.0 Å². The third-order valence-electron chi connectivity index (χ3n) is 4.78. The summed E-state index contributed by atoms with van der Waals surface area (Å²) in [6.45, 7) is 5.61. The van der Waals surface area contributed by atoms with Gasteiger partial charge in [-0.05, 0) is 26.7 Å². The molecule has 0 amide bonds. The van der Waals surface area contributed by atoms with Crippen LogP contribution in [0, 0.1) is 0 Å². The molecule has 148 valence electrons. The van der Waals surface area contributed by atoms with Gasteiger partial charge in [-0.25, -0.2) is 0 Å². The van der Waals surface area contributed by atoms with Gasteiger partial charge >= 0.3 is 0 Å². The first kappa shape index (κ1) is 22.6. The number of hydrogen-bond donors (Lipinski definition) is 2. The van der Waals surface area contributed by atoms with E-state index < -0.39 is 18.0 Å². The Bertz CT molecular complexity index is 354. The van der Waals surface area contributed by atoms with Crippen molar-refractivity contribution in [1.82, 2.24) is 0 Å². The third-order valence-corrected chi connectivity index (χ3v) is 4.78. The fraction of sp³-hybridized carbons (Fsp3) is 0.905. The summed E-state index contributed by atoms with van der Waals surface area (Å²) >= 11 is 0. The van der Waals surface area contributed by atoms with Crippen LogP contribution in [0.5, 0.6) is 0 Å². The minimum atomic E-state index is -0.909. The van der Waals surface area contributed by atoms with Crippen LogP contribution in [0.15, 0.2) is 12.2 Å². The van der Waals surface area contributed by atoms with Gasteiger partial charge in [-0.1, -0.05) is 76.9 Å². The van der Waals surface area contributed by atoms with Gasteiger partial charge in [0.05, 0.1) is 6.61 Å². The van der Waals surface area contributed by atoms with Gasteiger partial charge in [-0.15, -0.1) is 0 Å². The van der Waals surface area contributed by atoms with Crippen LogP contribution < -0.4 is 0 Å². The summed E-state index contributed by atoms with van der Waals surface area (Å²) in [5, 5.41) is 19.0. The molecule has 4 nitrogen and oxygen atoms in total. The van der Waals surface area contributed by atoms with E-state index >= 15 is 0 Å². The van der Waals surface area contributed by atoms with E-state index in [1.807, 2.05) is 19.9 Å². The van der Waals surface area contributed by atoms with E-state index in [4.69, 9.17) is 14.6 Å². The van der Waals surface area contributed by atoms with Crippen molar-refractivity contribution >= 4 is 0 Å². The zero-order valence-electron chi connectivity index (χ0n) is 16.6. The first-order valence-corrected chi connectivity index (χ1v) is 10.3. The molecule has 0 unspecified atom stereocenters. The van der Waals surface area contributed by atoms with Crippen LogP contribution >= 0.6 is 0 Å². The summed E-state index contributed by atoms with van der Waals surface area (Å²) in [4.78, 5) is 0. The number of allylic oxidation sites excluding steroid dienone is 1. The Balaban J connectivity index is 2.08. The van der Waals surface area contributed by atoms with Gasteiger partial charge < -0.3 is 19.7 Å². The number of hydrogen-bond acceptors (Lipinski definition) is 4. The maximum atomic E-state index is 9.86. The van der Waals surface area contributed by atoms with Crippen molar-refractivity contribution in [2.75, 3.05) is 6.61 Å². The van der Waals surface area contributed by atoms with E-state index in [1.165, 1.54) is 64.2 Å². The lowest BCUT2D eigenvalue weighted by molar-refractivity contribution is -0.155. The average molecular weight is 357 g/mol. The maximum absolute atomic E-state index is 9.86. The van der Waals surface area contributed by atoms with E-state index in [-0.39, 0.29) is 12.7 Å². The van der Waals surface area contributed by atoms with Crippen LogP contribution in [0.1, 0.15) is 91.4 Å². The van der Waals surface area contributed by atoms with Crippen molar-refractivity contribution in [3.8, 4) is 0 Å². The van der Waals surface area contributed by atoms with Crippen molar-refractivity contribution in [3.05, 3.63) is 12.2 Å². The molecule has 1 saturated heterocycles. The van der Waals surface area contributed by atoms with Crippen molar-refractivity contribution < 1.29 is 19.7 Å². The third kappa shape index (κ3) is 9.74. The Hall–Kier alpha value is -0.420. The van der Waals surface area contributed by atoms with Gasteiger partial charge in [0.25, 0.3) is 0 Å². The second-order valence-corrected chi connectivity index (χ2v) is 7.71. The first-order chi connectivity index (χ1) is 12.0. The molecular formula is C21H40O4. The summed E-state index contributed by atoms with van der Waals surface area (Å²) in [5.74, 6) is -0.715. The van der Waals surface area contributed by atoms with Gasteiger partial charge in [0.1, 0.15) is 18.3 Å². The molecule has 0 spiro atoms. The average Bonchev–Trinajstić information content (AvgIpc) is 2.90. The Morgan fingerprint density at radius 3 is 2.04 bits per heavy atom. The molecule has 1 aliphatic heterocycles. The summed E-state index contributed by atoms with van der Waals surface area (Å²) in [6, 6.07) is 0. The molecule has 1 heterocycles. The summed E-state index contributed by atoms with van der Waals surface area (Å²) in [5.41, 5.74) is 0. The summed E-state index contributed by atoms with van der Waals surface area (Å²) in [6.07, 6.45) is 16.8. The van der Waals surface area contributed by atoms with Gasteiger partial charge in [-0.3, -0.25) is 0 Å². The highest BCUT2D eigenvalue weighted by Crippen LogP contribution is 2.30. The second kappa shape index (κ2) is 12.9. The Morgan fingerprint density at radius 1 is 0.920 bits per heavy atom. The van der Waals surface area contributed by atoms with E-state index in [0.717, 1.165) is 6.42 Å². The number of aliphatic hydroxyl groups excluding tert-OH is 2. The zero-order valence-corrected chi connectivity index (χ0v) is 16.6. The fourth-order valence-corrected chi connectivity index (χ4v) is 3.35. The Labute approximate surface area is 154 Å². The molecule has 3 atom stereocenters. The molecule has 0 aromatic heterocycles. The molecule has 0 aromatic rings. The molecular weight excluding hydrogens is 316 g/mol. The lowest BCUT2D eigenvalue weighted by atomic mass is 10.0. The van der Waals surface area contributed by atoms with Crippen molar-refractivity contribution in [3.63, 3.8) is 0 Å². The smallest absolute Gasteiger partial charge is 0.164 e. The van der Waals surface area contributed by atoms with Gasteiger partial charge in [-0.2, -0.15) is 0 Å².